The smallest absolute Gasteiger partial charge is 0.258 e. The van der Waals surface area contributed by atoms with Gasteiger partial charge in [-0.25, -0.2) is 4.39 Å². The molecule has 0 spiro atoms. The minimum atomic E-state index is -0.609. The Balaban J connectivity index is 1.65. The number of carbonyl (C=O) groups excluding carboxylic acids is 1. The topological polar surface area (TPSA) is 59.3 Å². The lowest BCUT2D eigenvalue weighted by Crippen LogP contribution is -2.14. The van der Waals surface area contributed by atoms with Crippen molar-refractivity contribution in [3.63, 3.8) is 0 Å². The van der Waals surface area contributed by atoms with E-state index in [1.807, 2.05) is 24.3 Å². The van der Waals surface area contributed by atoms with Gasteiger partial charge in [-0.05, 0) is 41.3 Å². The maximum absolute atomic E-state index is 13.8. The summed E-state index contributed by atoms with van der Waals surface area (Å²) in [4.78, 5) is 25.1. The third kappa shape index (κ3) is 4.26. The first kappa shape index (κ1) is 20.5. The van der Waals surface area contributed by atoms with Crippen molar-refractivity contribution in [1.82, 2.24) is 0 Å². The largest absolute Gasteiger partial charge is 0.456 e. The molecule has 0 aliphatic rings. The molecule has 0 unspecified atom stereocenters. The van der Waals surface area contributed by atoms with Crippen LogP contribution in [0, 0.1) is 5.82 Å². The molecule has 1 heterocycles. The van der Waals surface area contributed by atoms with Crippen LogP contribution in [0.5, 0.6) is 0 Å². The molecule has 0 radical (unpaired) electrons. The lowest BCUT2D eigenvalue weighted by atomic mass is 9.86. The molecule has 0 aliphatic heterocycles. The molecule has 0 fully saturated rings. The van der Waals surface area contributed by atoms with Gasteiger partial charge in [0.15, 0.2) is 5.43 Å². The van der Waals surface area contributed by atoms with E-state index in [0.717, 1.165) is 5.56 Å². The summed E-state index contributed by atoms with van der Waals surface area (Å²) in [5, 5.41) is 2.96. The zero-order valence-corrected chi connectivity index (χ0v) is 17.5. The van der Waals surface area contributed by atoms with Crippen LogP contribution in [-0.4, -0.2) is 5.91 Å². The van der Waals surface area contributed by atoms with Gasteiger partial charge in [0.2, 0.25) is 0 Å². The van der Waals surface area contributed by atoms with E-state index in [9.17, 15) is 14.0 Å². The Bertz CT molecular complexity index is 1330. The standard InChI is InChI=1S/C26H22FNO3/c1-26(2,3)17-10-8-16(9-11-17)24-15-22(29)20-14-18(12-13-23(20)31-24)28-25(30)19-6-4-5-7-21(19)27/h4-15H,1-3H3,(H,28,30). The summed E-state index contributed by atoms with van der Waals surface area (Å²) in [7, 11) is 0. The minimum Gasteiger partial charge on any atom is -0.456 e. The van der Waals surface area contributed by atoms with Gasteiger partial charge < -0.3 is 9.73 Å². The minimum absolute atomic E-state index is 0.0340. The van der Waals surface area contributed by atoms with Crippen molar-refractivity contribution in [3.05, 3.63) is 100.0 Å². The van der Waals surface area contributed by atoms with Crippen LogP contribution in [0.25, 0.3) is 22.3 Å². The Morgan fingerprint density at radius 3 is 2.32 bits per heavy atom. The zero-order valence-electron chi connectivity index (χ0n) is 17.5. The van der Waals surface area contributed by atoms with Gasteiger partial charge in [-0.1, -0.05) is 57.2 Å². The molecule has 1 aromatic heterocycles. The van der Waals surface area contributed by atoms with Crippen LogP contribution in [0.3, 0.4) is 0 Å². The highest BCUT2D eigenvalue weighted by Crippen LogP contribution is 2.28. The van der Waals surface area contributed by atoms with Crippen molar-refractivity contribution in [3.8, 4) is 11.3 Å². The SMILES string of the molecule is CC(C)(C)c1ccc(-c2cc(=O)c3cc(NC(=O)c4ccccc4F)ccc3o2)cc1. The van der Waals surface area contributed by atoms with E-state index in [1.165, 1.54) is 35.9 Å². The van der Waals surface area contributed by atoms with Gasteiger partial charge in [0, 0.05) is 17.3 Å². The highest BCUT2D eigenvalue weighted by molar-refractivity contribution is 6.05. The van der Waals surface area contributed by atoms with Crippen molar-refractivity contribution in [2.45, 2.75) is 26.2 Å². The molecule has 0 saturated carbocycles. The van der Waals surface area contributed by atoms with Gasteiger partial charge in [0.1, 0.15) is 17.2 Å². The van der Waals surface area contributed by atoms with Crippen molar-refractivity contribution in [1.29, 1.82) is 0 Å². The number of anilines is 1. The van der Waals surface area contributed by atoms with Crippen molar-refractivity contribution in [2.75, 3.05) is 5.32 Å². The molecular formula is C26H22FNO3. The van der Waals surface area contributed by atoms with Crippen LogP contribution in [0.1, 0.15) is 36.7 Å². The molecule has 4 rings (SSSR count). The molecule has 4 aromatic rings. The van der Waals surface area contributed by atoms with Gasteiger partial charge in [-0.2, -0.15) is 0 Å². The normalized spacial score (nSPS) is 11.5. The highest BCUT2D eigenvalue weighted by atomic mass is 19.1. The molecule has 5 heteroatoms. The van der Waals surface area contributed by atoms with Gasteiger partial charge >= 0.3 is 0 Å². The van der Waals surface area contributed by atoms with Gasteiger partial charge in [-0.3, -0.25) is 9.59 Å². The molecule has 1 amide bonds. The Morgan fingerprint density at radius 2 is 1.65 bits per heavy atom. The predicted molar refractivity (Wildman–Crippen MR) is 121 cm³/mol. The fraction of sp³-hybridized carbons (Fsp3) is 0.154. The van der Waals surface area contributed by atoms with E-state index >= 15 is 0 Å². The summed E-state index contributed by atoms with van der Waals surface area (Å²) in [5.74, 6) is -0.721. The number of hydrogen-bond acceptors (Lipinski definition) is 3. The van der Waals surface area contributed by atoms with Gasteiger partial charge in [-0.15, -0.1) is 0 Å². The third-order valence-electron chi connectivity index (χ3n) is 5.14. The van der Waals surface area contributed by atoms with Gasteiger partial charge in [0.25, 0.3) is 5.91 Å². The van der Waals surface area contributed by atoms with E-state index in [2.05, 4.69) is 26.1 Å². The Morgan fingerprint density at radius 1 is 0.935 bits per heavy atom. The number of carbonyl (C=O) groups is 1. The van der Waals surface area contributed by atoms with Crippen LogP contribution in [-0.2, 0) is 5.41 Å². The predicted octanol–water partition coefficient (Wildman–Crippen LogP) is 6.15. The first-order chi connectivity index (χ1) is 14.7. The quantitative estimate of drug-likeness (QED) is 0.437. The molecular weight excluding hydrogens is 393 g/mol. The average Bonchev–Trinajstić information content (AvgIpc) is 2.74. The summed E-state index contributed by atoms with van der Waals surface area (Å²) in [5.41, 5.74) is 2.54. The number of nitrogens with one attached hydrogen (secondary N) is 1. The number of fused-ring (bicyclic) bond motifs is 1. The van der Waals surface area contributed by atoms with Crippen LogP contribution in [0.2, 0.25) is 0 Å². The molecule has 4 nitrogen and oxygen atoms in total. The lowest BCUT2D eigenvalue weighted by molar-refractivity contribution is 0.102. The van der Waals surface area contributed by atoms with Crippen LogP contribution in [0.15, 0.2) is 82.0 Å². The Hall–Kier alpha value is -3.73. The van der Waals surface area contributed by atoms with Gasteiger partial charge in [0.05, 0.1) is 10.9 Å². The second-order valence-corrected chi connectivity index (χ2v) is 8.45. The summed E-state index contributed by atoms with van der Waals surface area (Å²) in [6.45, 7) is 6.42. The molecule has 156 valence electrons. The zero-order chi connectivity index (χ0) is 22.2. The second kappa shape index (κ2) is 7.84. The average molecular weight is 415 g/mol. The molecule has 0 saturated heterocycles. The first-order valence-corrected chi connectivity index (χ1v) is 9.97. The summed E-state index contributed by atoms with van der Waals surface area (Å²) < 4.78 is 19.8. The number of halogens is 1. The Kier molecular flexibility index (Phi) is 5.19. The number of benzene rings is 3. The summed E-state index contributed by atoms with van der Waals surface area (Å²) in [6, 6.07) is 19.9. The molecule has 0 atom stereocenters. The molecule has 3 aromatic carbocycles. The fourth-order valence-corrected chi connectivity index (χ4v) is 3.35. The highest BCUT2D eigenvalue weighted by Gasteiger charge is 2.15. The van der Waals surface area contributed by atoms with Crippen molar-refractivity contribution in [2.24, 2.45) is 0 Å². The van der Waals surface area contributed by atoms with Crippen LogP contribution >= 0.6 is 0 Å². The maximum Gasteiger partial charge on any atom is 0.258 e. The lowest BCUT2D eigenvalue weighted by Gasteiger charge is -2.19. The molecule has 1 N–H and O–H groups in total. The maximum atomic E-state index is 13.8. The van der Waals surface area contributed by atoms with Crippen molar-refractivity contribution >= 4 is 22.6 Å². The number of rotatable bonds is 3. The molecule has 31 heavy (non-hydrogen) atoms. The van der Waals surface area contributed by atoms with E-state index < -0.39 is 11.7 Å². The second-order valence-electron chi connectivity index (χ2n) is 8.45. The monoisotopic (exact) mass is 415 g/mol. The Labute approximate surface area is 179 Å². The van der Waals surface area contributed by atoms with Crippen LogP contribution < -0.4 is 10.7 Å². The fourth-order valence-electron chi connectivity index (χ4n) is 3.35. The van der Waals surface area contributed by atoms with Crippen molar-refractivity contribution < 1.29 is 13.6 Å². The number of hydrogen-bond donors (Lipinski definition) is 1. The summed E-state index contributed by atoms with van der Waals surface area (Å²) >= 11 is 0. The van der Waals surface area contributed by atoms with E-state index in [1.54, 1.807) is 18.2 Å². The third-order valence-corrected chi connectivity index (χ3v) is 5.14. The van der Waals surface area contributed by atoms with Crippen LogP contribution in [0.4, 0.5) is 10.1 Å². The summed E-state index contributed by atoms with van der Waals surface area (Å²) in [6.07, 6.45) is 0. The first-order valence-electron chi connectivity index (χ1n) is 9.97. The van der Waals surface area contributed by atoms with E-state index in [0.29, 0.717) is 22.4 Å². The van der Waals surface area contributed by atoms with E-state index in [4.69, 9.17) is 4.42 Å². The number of amides is 1. The van der Waals surface area contributed by atoms with E-state index in [-0.39, 0.29) is 16.4 Å². The molecule has 0 aliphatic carbocycles. The molecule has 0 bridgehead atoms.